The molecule has 0 bridgehead atoms. The molecule has 3 nitrogen and oxygen atoms in total. The Labute approximate surface area is 131 Å². The van der Waals surface area contributed by atoms with Crippen LogP contribution in [0.15, 0.2) is 53.6 Å². The van der Waals surface area contributed by atoms with Crippen molar-refractivity contribution in [2.24, 2.45) is 5.10 Å². The second kappa shape index (κ2) is 7.09. The number of benzene rings is 2. The van der Waals surface area contributed by atoms with Crippen LogP contribution in [-0.4, -0.2) is 12.1 Å². The lowest BCUT2D eigenvalue weighted by Crippen LogP contribution is -2.20. The first-order valence-electron chi connectivity index (χ1n) is 6.89. The summed E-state index contributed by atoms with van der Waals surface area (Å²) in [5.74, 6) is -0.479. The van der Waals surface area contributed by atoms with Crippen molar-refractivity contribution in [2.45, 2.75) is 19.5 Å². The maximum absolute atomic E-state index is 12.6. The zero-order valence-corrected chi connectivity index (χ0v) is 12.4. The average molecular weight is 320 g/mol. The molecule has 0 radical (unpaired) electrons. The van der Waals surface area contributed by atoms with Gasteiger partial charge in [0, 0.05) is 0 Å². The van der Waals surface area contributed by atoms with Gasteiger partial charge < -0.3 is 0 Å². The van der Waals surface area contributed by atoms with Gasteiger partial charge in [-0.3, -0.25) is 4.79 Å². The standard InChI is InChI=1S/C17H15F3N2O/c1-12-5-7-13(8-6-12)11-21-22-16(23)10-14-3-2-4-15(9-14)17(18,19)20/h2-9,11H,10H2,1H3,(H,22,23)/b21-11+. The van der Waals surface area contributed by atoms with Crippen LogP contribution in [0.5, 0.6) is 0 Å². The molecule has 0 aliphatic carbocycles. The molecule has 0 unspecified atom stereocenters. The van der Waals surface area contributed by atoms with E-state index in [4.69, 9.17) is 0 Å². The molecule has 2 aromatic carbocycles. The highest BCUT2D eigenvalue weighted by Gasteiger charge is 2.30. The quantitative estimate of drug-likeness (QED) is 0.677. The minimum atomic E-state index is -4.42. The van der Waals surface area contributed by atoms with Crippen LogP contribution in [0, 0.1) is 6.92 Å². The van der Waals surface area contributed by atoms with Gasteiger partial charge in [-0.25, -0.2) is 5.43 Å². The summed E-state index contributed by atoms with van der Waals surface area (Å²) in [5, 5.41) is 3.79. The third kappa shape index (κ3) is 5.25. The smallest absolute Gasteiger partial charge is 0.273 e. The molecule has 0 fully saturated rings. The van der Waals surface area contributed by atoms with E-state index in [1.54, 1.807) is 0 Å². The number of alkyl halides is 3. The van der Waals surface area contributed by atoms with E-state index in [9.17, 15) is 18.0 Å². The first-order chi connectivity index (χ1) is 10.8. The zero-order valence-electron chi connectivity index (χ0n) is 12.4. The normalized spacial score (nSPS) is 11.7. The number of amides is 1. The lowest BCUT2D eigenvalue weighted by atomic mass is 10.1. The van der Waals surface area contributed by atoms with E-state index in [-0.39, 0.29) is 12.0 Å². The van der Waals surface area contributed by atoms with Crippen molar-refractivity contribution >= 4 is 12.1 Å². The van der Waals surface area contributed by atoms with Crippen molar-refractivity contribution in [3.63, 3.8) is 0 Å². The first kappa shape index (κ1) is 16.7. The van der Waals surface area contributed by atoms with Crippen molar-refractivity contribution < 1.29 is 18.0 Å². The third-order valence-electron chi connectivity index (χ3n) is 3.10. The molecular formula is C17H15F3N2O. The fourth-order valence-corrected chi connectivity index (χ4v) is 1.91. The highest BCUT2D eigenvalue weighted by atomic mass is 19.4. The number of carbonyl (C=O) groups excluding carboxylic acids is 1. The Kier molecular flexibility index (Phi) is 5.16. The molecule has 1 amide bonds. The number of hydrazone groups is 1. The molecular weight excluding hydrogens is 305 g/mol. The molecule has 23 heavy (non-hydrogen) atoms. The number of hydrogen-bond acceptors (Lipinski definition) is 2. The van der Waals surface area contributed by atoms with Crippen LogP contribution in [0.1, 0.15) is 22.3 Å². The molecule has 6 heteroatoms. The van der Waals surface area contributed by atoms with Gasteiger partial charge in [0.1, 0.15) is 0 Å². The Morgan fingerprint density at radius 2 is 1.87 bits per heavy atom. The second-order valence-electron chi connectivity index (χ2n) is 5.08. The molecule has 0 saturated carbocycles. The number of carbonyl (C=O) groups is 1. The summed E-state index contributed by atoms with van der Waals surface area (Å²) in [6.07, 6.45) is -3.12. The van der Waals surface area contributed by atoms with E-state index in [0.717, 1.165) is 23.3 Å². The fourth-order valence-electron chi connectivity index (χ4n) is 1.91. The van der Waals surface area contributed by atoms with Gasteiger partial charge in [-0.2, -0.15) is 18.3 Å². The van der Waals surface area contributed by atoms with E-state index in [1.165, 1.54) is 18.3 Å². The number of rotatable bonds is 4. The first-order valence-corrected chi connectivity index (χ1v) is 6.89. The summed E-state index contributed by atoms with van der Waals surface area (Å²) in [6.45, 7) is 1.96. The topological polar surface area (TPSA) is 41.5 Å². The molecule has 120 valence electrons. The van der Waals surface area contributed by atoms with E-state index in [2.05, 4.69) is 10.5 Å². The third-order valence-corrected chi connectivity index (χ3v) is 3.10. The Morgan fingerprint density at radius 1 is 1.17 bits per heavy atom. The summed E-state index contributed by atoms with van der Waals surface area (Å²) >= 11 is 0. The van der Waals surface area contributed by atoms with Gasteiger partial charge in [0.25, 0.3) is 0 Å². The van der Waals surface area contributed by atoms with Gasteiger partial charge in [0.05, 0.1) is 18.2 Å². The van der Waals surface area contributed by atoms with Gasteiger partial charge in [0.2, 0.25) is 5.91 Å². The number of nitrogens with one attached hydrogen (secondary N) is 1. The average Bonchev–Trinajstić information content (AvgIpc) is 2.49. The Hall–Kier alpha value is -2.63. The van der Waals surface area contributed by atoms with Crippen molar-refractivity contribution in [1.29, 1.82) is 0 Å². The number of nitrogens with zero attached hydrogens (tertiary/aromatic N) is 1. The van der Waals surface area contributed by atoms with E-state index in [0.29, 0.717) is 0 Å². The molecule has 0 atom stereocenters. The maximum Gasteiger partial charge on any atom is 0.416 e. The van der Waals surface area contributed by atoms with Crippen LogP contribution < -0.4 is 5.43 Å². The van der Waals surface area contributed by atoms with Gasteiger partial charge in [-0.05, 0) is 24.1 Å². The number of aryl methyl sites for hydroxylation is 1. The van der Waals surface area contributed by atoms with Crippen LogP contribution in [0.3, 0.4) is 0 Å². The van der Waals surface area contributed by atoms with Crippen LogP contribution in [0.25, 0.3) is 0 Å². The van der Waals surface area contributed by atoms with Gasteiger partial charge in [0.15, 0.2) is 0 Å². The SMILES string of the molecule is Cc1ccc(/C=N/NC(=O)Cc2cccc(C(F)(F)F)c2)cc1. The van der Waals surface area contributed by atoms with Crippen molar-refractivity contribution in [1.82, 2.24) is 5.43 Å². The summed E-state index contributed by atoms with van der Waals surface area (Å²) < 4.78 is 37.8. The predicted molar refractivity (Wildman–Crippen MR) is 82.1 cm³/mol. The fraction of sp³-hybridized carbons (Fsp3) is 0.176. The summed E-state index contributed by atoms with van der Waals surface area (Å²) in [4.78, 5) is 11.7. The van der Waals surface area contributed by atoms with Crippen molar-refractivity contribution in [3.05, 3.63) is 70.8 Å². The number of hydrogen-bond donors (Lipinski definition) is 1. The Morgan fingerprint density at radius 3 is 2.52 bits per heavy atom. The molecule has 0 heterocycles. The van der Waals surface area contributed by atoms with Gasteiger partial charge in [-0.1, -0.05) is 48.0 Å². The molecule has 2 aromatic rings. The lowest BCUT2D eigenvalue weighted by Gasteiger charge is -2.08. The molecule has 0 aliphatic heterocycles. The summed E-state index contributed by atoms with van der Waals surface area (Å²) in [7, 11) is 0. The van der Waals surface area contributed by atoms with Crippen LogP contribution in [0.2, 0.25) is 0 Å². The largest absolute Gasteiger partial charge is 0.416 e. The molecule has 0 aliphatic rings. The number of halogens is 3. The van der Waals surface area contributed by atoms with Crippen LogP contribution in [-0.2, 0) is 17.4 Å². The van der Waals surface area contributed by atoms with Gasteiger partial charge in [-0.15, -0.1) is 0 Å². The minimum absolute atomic E-state index is 0.171. The van der Waals surface area contributed by atoms with Crippen LogP contribution in [0.4, 0.5) is 13.2 Å². The van der Waals surface area contributed by atoms with Crippen molar-refractivity contribution in [2.75, 3.05) is 0 Å². The summed E-state index contributed by atoms with van der Waals surface area (Å²) in [5.41, 5.74) is 3.73. The zero-order chi connectivity index (χ0) is 16.9. The summed E-state index contributed by atoms with van der Waals surface area (Å²) in [6, 6.07) is 12.2. The van der Waals surface area contributed by atoms with Crippen molar-refractivity contribution in [3.8, 4) is 0 Å². The maximum atomic E-state index is 12.6. The Bertz CT molecular complexity index is 707. The molecule has 0 saturated heterocycles. The van der Waals surface area contributed by atoms with Gasteiger partial charge >= 0.3 is 6.18 Å². The second-order valence-corrected chi connectivity index (χ2v) is 5.08. The molecule has 0 aromatic heterocycles. The lowest BCUT2D eigenvalue weighted by molar-refractivity contribution is -0.137. The highest BCUT2D eigenvalue weighted by Crippen LogP contribution is 2.29. The monoisotopic (exact) mass is 320 g/mol. The minimum Gasteiger partial charge on any atom is -0.273 e. The van der Waals surface area contributed by atoms with E-state index < -0.39 is 17.6 Å². The molecule has 0 spiro atoms. The molecule has 2 rings (SSSR count). The van der Waals surface area contributed by atoms with Crippen LogP contribution >= 0.6 is 0 Å². The van der Waals surface area contributed by atoms with E-state index in [1.807, 2.05) is 31.2 Å². The van der Waals surface area contributed by atoms with E-state index >= 15 is 0 Å². The molecule has 1 N–H and O–H groups in total. The highest BCUT2D eigenvalue weighted by molar-refractivity contribution is 5.83. The Balaban J connectivity index is 1.93. The predicted octanol–water partition coefficient (Wildman–Crippen LogP) is 3.71.